The Labute approximate surface area is 169 Å². The van der Waals surface area contributed by atoms with Gasteiger partial charge in [0.15, 0.2) is 0 Å². The molecule has 0 radical (unpaired) electrons. The third kappa shape index (κ3) is 3.16. The number of nitrogens with one attached hydrogen (secondary N) is 1. The van der Waals surface area contributed by atoms with Crippen molar-refractivity contribution in [1.29, 1.82) is 0 Å². The number of benzene rings is 2. The number of hydrogen-bond acceptors (Lipinski definition) is 2. The molecular formula is C19H17ClIN3O2. The van der Waals surface area contributed by atoms with E-state index in [9.17, 15) is 9.59 Å². The molecule has 0 aliphatic carbocycles. The van der Waals surface area contributed by atoms with Gasteiger partial charge in [0, 0.05) is 27.7 Å². The molecule has 1 aliphatic heterocycles. The summed E-state index contributed by atoms with van der Waals surface area (Å²) in [5, 5.41) is 0.564. The van der Waals surface area contributed by atoms with E-state index in [0.717, 1.165) is 27.4 Å². The molecule has 0 spiro atoms. The van der Waals surface area contributed by atoms with Gasteiger partial charge in [0.25, 0.3) is 5.91 Å². The Kier molecular flexibility index (Phi) is 4.79. The number of aromatic nitrogens is 2. The minimum absolute atomic E-state index is 0.00150. The second kappa shape index (κ2) is 7.08. The molecule has 1 saturated heterocycles. The Morgan fingerprint density at radius 2 is 1.88 bits per heavy atom. The first kappa shape index (κ1) is 17.6. The molecule has 26 heavy (non-hydrogen) atoms. The lowest BCUT2D eigenvalue weighted by atomic mass is 10.0. The van der Waals surface area contributed by atoms with Crippen molar-refractivity contribution in [2.45, 2.75) is 18.9 Å². The predicted octanol–water partition coefficient (Wildman–Crippen LogP) is 4.06. The molecular weight excluding hydrogens is 465 g/mol. The molecule has 1 aliphatic rings. The van der Waals surface area contributed by atoms with Crippen LogP contribution in [0.3, 0.4) is 0 Å². The van der Waals surface area contributed by atoms with Crippen LogP contribution in [0.1, 0.15) is 29.2 Å². The number of fused-ring (bicyclic) bond motifs is 1. The summed E-state index contributed by atoms with van der Waals surface area (Å²) in [4.78, 5) is 30.0. The van der Waals surface area contributed by atoms with Gasteiger partial charge in [0.1, 0.15) is 0 Å². The molecule has 0 bridgehead atoms. The van der Waals surface area contributed by atoms with Gasteiger partial charge >= 0.3 is 5.69 Å². The smallest absolute Gasteiger partial charge is 0.326 e. The third-order valence-electron chi connectivity index (χ3n) is 4.90. The topological polar surface area (TPSA) is 58.1 Å². The van der Waals surface area contributed by atoms with E-state index in [4.69, 9.17) is 11.6 Å². The Balaban J connectivity index is 1.54. The van der Waals surface area contributed by atoms with E-state index in [1.165, 1.54) is 0 Å². The van der Waals surface area contributed by atoms with Crippen LogP contribution in [0.5, 0.6) is 0 Å². The van der Waals surface area contributed by atoms with Gasteiger partial charge in [-0.15, -0.1) is 0 Å². The largest absolute Gasteiger partial charge is 0.338 e. The van der Waals surface area contributed by atoms with E-state index >= 15 is 0 Å². The molecule has 7 heteroatoms. The summed E-state index contributed by atoms with van der Waals surface area (Å²) in [7, 11) is 0. The monoisotopic (exact) mass is 481 g/mol. The molecule has 3 aromatic rings. The summed E-state index contributed by atoms with van der Waals surface area (Å²) in [5.41, 5.74) is 2.33. The number of carbonyl (C=O) groups is 1. The number of carbonyl (C=O) groups excluding carboxylic acids is 1. The van der Waals surface area contributed by atoms with Crippen molar-refractivity contribution in [2.75, 3.05) is 13.1 Å². The first-order chi connectivity index (χ1) is 12.5. The van der Waals surface area contributed by atoms with Gasteiger partial charge in [-0.3, -0.25) is 9.36 Å². The van der Waals surface area contributed by atoms with Crippen LogP contribution in [-0.4, -0.2) is 33.4 Å². The van der Waals surface area contributed by atoms with Gasteiger partial charge in [0.05, 0.1) is 16.6 Å². The van der Waals surface area contributed by atoms with Crippen LogP contribution in [0, 0.1) is 3.57 Å². The molecule has 134 valence electrons. The van der Waals surface area contributed by atoms with Crippen molar-refractivity contribution in [1.82, 2.24) is 14.5 Å². The van der Waals surface area contributed by atoms with E-state index in [2.05, 4.69) is 27.6 Å². The number of H-pyrrole nitrogens is 1. The summed E-state index contributed by atoms with van der Waals surface area (Å²) < 4.78 is 2.73. The SMILES string of the molecule is O=C(c1cc(Cl)ccc1I)N1CCC(n2c(=O)[nH]c3ccccc32)CC1. The average molecular weight is 482 g/mol. The van der Waals surface area contributed by atoms with Crippen LogP contribution in [0.4, 0.5) is 0 Å². The van der Waals surface area contributed by atoms with Gasteiger partial charge < -0.3 is 9.88 Å². The molecule has 1 aromatic heterocycles. The van der Waals surface area contributed by atoms with Gasteiger partial charge in [0.2, 0.25) is 0 Å². The molecule has 4 rings (SSSR count). The number of halogens is 2. The van der Waals surface area contributed by atoms with Crippen molar-refractivity contribution in [3.8, 4) is 0 Å². The standard InChI is InChI=1S/C19H17ClIN3O2/c20-12-5-6-15(21)14(11-12)18(25)23-9-7-13(8-10-23)24-17-4-2-1-3-16(17)22-19(24)26/h1-6,11,13H,7-10H2,(H,22,26). The number of aromatic amines is 1. The first-order valence-electron chi connectivity index (χ1n) is 8.48. The number of piperidine rings is 1. The number of para-hydroxylation sites is 2. The van der Waals surface area contributed by atoms with Gasteiger partial charge in [-0.25, -0.2) is 4.79 Å². The zero-order chi connectivity index (χ0) is 18.3. The highest BCUT2D eigenvalue weighted by Crippen LogP contribution is 2.27. The number of rotatable bonds is 2. The Morgan fingerprint density at radius 1 is 1.15 bits per heavy atom. The maximum absolute atomic E-state index is 12.8. The summed E-state index contributed by atoms with van der Waals surface area (Å²) in [5.74, 6) is 0.00150. The average Bonchev–Trinajstić information content (AvgIpc) is 2.99. The van der Waals surface area contributed by atoms with Crippen LogP contribution in [0.25, 0.3) is 11.0 Å². The fourth-order valence-corrected chi connectivity index (χ4v) is 4.33. The van der Waals surface area contributed by atoms with Crippen molar-refractivity contribution >= 4 is 51.1 Å². The van der Waals surface area contributed by atoms with E-state index in [-0.39, 0.29) is 17.6 Å². The maximum Gasteiger partial charge on any atom is 0.326 e. The molecule has 2 aromatic carbocycles. The van der Waals surface area contributed by atoms with Gasteiger partial charge in [-0.1, -0.05) is 23.7 Å². The highest BCUT2D eigenvalue weighted by atomic mass is 127. The number of imidazole rings is 1. The fourth-order valence-electron chi connectivity index (χ4n) is 3.60. The van der Waals surface area contributed by atoms with Gasteiger partial charge in [-0.05, 0) is 65.8 Å². The highest BCUT2D eigenvalue weighted by molar-refractivity contribution is 14.1. The van der Waals surface area contributed by atoms with E-state index in [0.29, 0.717) is 23.7 Å². The molecule has 0 unspecified atom stereocenters. The van der Waals surface area contributed by atoms with Crippen molar-refractivity contribution in [2.24, 2.45) is 0 Å². The lowest BCUT2D eigenvalue weighted by Gasteiger charge is -2.32. The van der Waals surface area contributed by atoms with Crippen molar-refractivity contribution < 1.29 is 4.79 Å². The Hall–Kier alpha value is -1.80. The van der Waals surface area contributed by atoms with Crippen LogP contribution in [0.15, 0.2) is 47.3 Å². The third-order valence-corrected chi connectivity index (χ3v) is 6.08. The van der Waals surface area contributed by atoms with Crippen LogP contribution in [0.2, 0.25) is 5.02 Å². The Morgan fingerprint density at radius 3 is 2.65 bits per heavy atom. The maximum atomic E-state index is 12.8. The number of hydrogen-bond donors (Lipinski definition) is 1. The van der Waals surface area contributed by atoms with Crippen LogP contribution < -0.4 is 5.69 Å². The zero-order valence-electron chi connectivity index (χ0n) is 13.9. The molecule has 2 heterocycles. The number of amides is 1. The van der Waals surface area contributed by atoms with Crippen molar-refractivity contribution in [3.05, 3.63) is 67.1 Å². The second-order valence-corrected chi connectivity index (χ2v) is 8.06. The molecule has 0 atom stereocenters. The normalized spacial score (nSPS) is 15.5. The summed E-state index contributed by atoms with van der Waals surface area (Å²) in [6, 6.07) is 13.2. The molecule has 1 fully saturated rings. The second-order valence-electron chi connectivity index (χ2n) is 6.46. The summed E-state index contributed by atoms with van der Waals surface area (Å²) in [6.07, 6.45) is 1.51. The van der Waals surface area contributed by atoms with Crippen molar-refractivity contribution in [3.63, 3.8) is 0 Å². The molecule has 1 N–H and O–H groups in total. The van der Waals surface area contributed by atoms with Gasteiger partial charge in [-0.2, -0.15) is 0 Å². The van der Waals surface area contributed by atoms with E-state index in [1.54, 1.807) is 12.1 Å². The minimum atomic E-state index is -0.0830. The minimum Gasteiger partial charge on any atom is -0.338 e. The number of nitrogens with zero attached hydrogens (tertiary/aromatic N) is 2. The lowest BCUT2D eigenvalue weighted by Crippen LogP contribution is -2.40. The first-order valence-corrected chi connectivity index (χ1v) is 9.94. The quantitative estimate of drug-likeness (QED) is 0.561. The summed E-state index contributed by atoms with van der Waals surface area (Å²) in [6.45, 7) is 1.25. The van der Waals surface area contributed by atoms with E-state index in [1.807, 2.05) is 39.8 Å². The Bertz CT molecular complexity index is 1030. The zero-order valence-corrected chi connectivity index (χ0v) is 16.8. The molecule has 0 saturated carbocycles. The van der Waals surface area contributed by atoms with Crippen LogP contribution in [-0.2, 0) is 0 Å². The van der Waals surface area contributed by atoms with E-state index < -0.39 is 0 Å². The molecule has 1 amide bonds. The molecule has 5 nitrogen and oxygen atoms in total. The fraction of sp³-hybridized carbons (Fsp3) is 0.263. The highest BCUT2D eigenvalue weighted by Gasteiger charge is 2.27. The predicted molar refractivity (Wildman–Crippen MR) is 111 cm³/mol. The van der Waals surface area contributed by atoms with Crippen LogP contribution >= 0.6 is 34.2 Å². The number of likely N-dealkylation sites (tertiary alicyclic amines) is 1. The summed E-state index contributed by atoms with van der Waals surface area (Å²) >= 11 is 8.21. The lowest BCUT2D eigenvalue weighted by molar-refractivity contribution is 0.0694.